The van der Waals surface area contributed by atoms with Gasteiger partial charge in [-0.25, -0.2) is 4.98 Å². The van der Waals surface area contributed by atoms with Crippen molar-refractivity contribution in [3.05, 3.63) is 53.4 Å². The summed E-state index contributed by atoms with van der Waals surface area (Å²) in [7, 11) is 1.63. The summed E-state index contributed by atoms with van der Waals surface area (Å²) in [5.41, 5.74) is 7.72. The molecule has 0 spiro atoms. The molecule has 2 heterocycles. The highest BCUT2D eigenvalue weighted by molar-refractivity contribution is 7.14. The van der Waals surface area contributed by atoms with Crippen molar-refractivity contribution in [3.63, 3.8) is 0 Å². The molecule has 4 rings (SSSR count). The SMILES string of the molecule is COc1ccc(-c2csc(NNC(=O)c3ccc4c(c3)OCO4)n2)cc1. The lowest BCUT2D eigenvalue weighted by molar-refractivity contribution is 0.0962. The summed E-state index contributed by atoms with van der Waals surface area (Å²) in [4.78, 5) is 16.7. The minimum atomic E-state index is -0.288. The van der Waals surface area contributed by atoms with E-state index in [0.29, 0.717) is 22.2 Å². The Morgan fingerprint density at radius 2 is 1.96 bits per heavy atom. The van der Waals surface area contributed by atoms with Gasteiger partial charge in [0.2, 0.25) is 11.9 Å². The van der Waals surface area contributed by atoms with E-state index in [1.165, 1.54) is 11.3 Å². The normalized spacial score (nSPS) is 11.9. The Kier molecular flexibility index (Phi) is 4.32. The number of methoxy groups -OCH3 is 1. The molecule has 2 N–H and O–H groups in total. The number of fused-ring (bicyclic) bond motifs is 1. The summed E-state index contributed by atoms with van der Waals surface area (Å²) in [6, 6.07) is 12.7. The van der Waals surface area contributed by atoms with Crippen LogP contribution in [-0.4, -0.2) is 24.8 Å². The average molecular weight is 369 g/mol. The van der Waals surface area contributed by atoms with Gasteiger partial charge in [-0.15, -0.1) is 11.3 Å². The standard InChI is InChI=1S/C18H15N3O4S/c1-23-13-5-2-11(3-6-13)14-9-26-18(19-14)21-20-17(22)12-4-7-15-16(8-12)25-10-24-15/h2-9H,10H2,1H3,(H,19,21)(H,20,22). The topological polar surface area (TPSA) is 81.7 Å². The molecule has 8 heteroatoms. The first kappa shape index (κ1) is 16.2. The number of carbonyl (C=O) groups excluding carboxylic acids is 1. The van der Waals surface area contributed by atoms with Gasteiger partial charge in [0.15, 0.2) is 11.5 Å². The summed E-state index contributed by atoms with van der Waals surface area (Å²) in [6.45, 7) is 0.173. The molecule has 0 saturated heterocycles. The summed E-state index contributed by atoms with van der Waals surface area (Å²) < 4.78 is 15.7. The number of hydrogen-bond acceptors (Lipinski definition) is 7. The summed E-state index contributed by atoms with van der Waals surface area (Å²) in [5, 5.41) is 2.50. The second-order valence-electron chi connectivity index (χ2n) is 5.41. The fourth-order valence-electron chi connectivity index (χ4n) is 2.45. The van der Waals surface area contributed by atoms with Gasteiger partial charge in [0.25, 0.3) is 5.91 Å². The van der Waals surface area contributed by atoms with Crippen LogP contribution in [0.3, 0.4) is 0 Å². The van der Waals surface area contributed by atoms with Crippen molar-refractivity contribution in [2.75, 3.05) is 19.3 Å². The Hall–Kier alpha value is -3.26. The first-order valence-electron chi connectivity index (χ1n) is 7.79. The molecule has 1 aromatic heterocycles. The van der Waals surface area contributed by atoms with Crippen molar-refractivity contribution >= 4 is 22.4 Å². The molecule has 3 aromatic rings. The first-order chi connectivity index (χ1) is 12.7. The van der Waals surface area contributed by atoms with E-state index in [1.54, 1.807) is 25.3 Å². The molecule has 0 atom stereocenters. The van der Waals surface area contributed by atoms with Gasteiger partial charge in [-0.2, -0.15) is 0 Å². The van der Waals surface area contributed by atoms with Gasteiger partial charge in [0, 0.05) is 16.5 Å². The molecule has 0 aliphatic carbocycles. The lowest BCUT2D eigenvalue weighted by atomic mass is 10.2. The van der Waals surface area contributed by atoms with Crippen LogP contribution in [0, 0.1) is 0 Å². The maximum atomic E-state index is 12.3. The molecule has 2 aromatic carbocycles. The summed E-state index contributed by atoms with van der Waals surface area (Å²) in [6.07, 6.45) is 0. The molecule has 1 aliphatic rings. The third kappa shape index (κ3) is 3.27. The molecule has 1 amide bonds. The fraction of sp³-hybridized carbons (Fsp3) is 0.111. The van der Waals surface area contributed by atoms with Gasteiger partial charge in [-0.1, -0.05) is 0 Å². The number of benzene rings is 2. The smallest absolute Gasteiger partial charge is 0.269 e. The first-order valence-corrected chi connectivity index (χ1v) is 8.67. The van der Waals surface area contributed by atoms with Gasteiger partial charge < -0.3 is 14.2 Å². The predicted molar refractivity (Wildman–Crippen MR) is 97.8 cm³/mol. The lowest BCUT2D eigenvalue weighted by Gasteiger charge is -2.06. The number of nitrogens with zero attached hydrogens (tertiary/aromatic N) is 1. The number of anilines is 1. The number of hydrazine groups is 1. The van der Waals surface area contributed by atoms with Gasteiger partial charge in [-0.3, -0.25) is 15.6 Å². The molecular weight excluding hydrogens is 354 g/mol. The van der Waals surface area contributed by atoms with Crippen LogP contribution in [0.4, 0.5) is 5.13 Å². The third-order valence-electron chi connectivity index (χ3n) is 3.81. The van der Waals surface area contributed by atoms with Crippen LogP contribution in [0.15, 0.2) is 47.8 Å². The number of amides is 1. The van der Waals surface area contributed by atoms with Gasteiger partial charge in [0.05, 0.1) is 12.8 Å². The number of hydrogen-bond donors (Lipinski definition) is 2. The monoisotopic (exact) mass is 369 g/mol. The molecule has 26 heavy (non-hydrogen) atoms. The number of ether oxygens (including phenoxy) is 3. The molecule has 132 valence electrons. The lowest BCUT2D eigenvalue weighted by Crippen LogP contribution is -2.29. The predicted octanol–water partition coefficient (Wildman–Crippen LogP) is 3.30. The maximum Gasteiger partial charge on any atom is 0.269 e. The van der Waals surface area contributed by atoms with Crippen molar-refractivity contribution in [2.45, 2.75) is 0 Å². The van der Waals surface area contributed by atoms with Crippen molar-refractivity contribution in [2.24, 2.45) is 0 Å². The maximum absolute atomic E-state index is 12.3. The molecule has 0 radical (unpaired) electrons. The van der Waals surface area contributed by atoms with E-state index in [2.05, 4.69) is 15.8 Å². The van der Waals surface area contributed by atoms with E-state index >= 15 is 0 Å². The zero-order valence-electron chi connectivity index (χ0n) is 13.8. The summed E-state index contributed by atoms with van der Waals surface area (Å²) >= 11 is 1.40. The molecular formula is C18H15N3O4S. The van der Waals surface area contributed by atoms with E-state index in [4.69, 9.17) is 14.2 Å². The van der Waals surface area contributed by atoms with Gasteiger partial charge in [0.1, 0.15) is 5.75 Å². The molecule has 0 bridgehead atoms. The van der Waals surface area contributed by atoms with Crippen LogP contribution in [-0.2, 0) is 0 Å². The van der Waals surface area contributed by atoms with Gasteiger partial charge >= 0.3 is 0 Å². The van der Waals surface area contributed by atoms with Crippen molar-refractivity contribution in [1.82, 2.24) is 10.4 Å². The van der Waals surface area contributed by atoms with Crippen LogP contribution in [0.1, 0.15) is 10.4 Å². The Morgan fingerprint density at radius 1 is 1.15 bits per heavy atom. The average Bonchev–Trinajstić information content (AvgIpc) is 3.35. The quantitative estimate of drug-likeness (QED) is 0.672. The second-order valence-corrected chi connectivity index (χ2v) is 6.27. The zero-order chi connectivity index (χ0) is 17.9. The molecule has 0 saturated carbocycles. The van der Waals surface area contributed by atoms with Gasteiger partial charge in [-0.05, 0) is 42.5 Å². The minimum absolute atomic E-state index is 0.173. The van der Waals surface area contributed by atoms with Crippen molar-refractivity contribution in [1.29, 1.82) is 0 Å². The highest BCUT2D eigenvalue weighted by Gasteiger charge is 2.16. The molecule has 0 fully saturated rings. The number of thiazole rings is 1. The van der Waals surface area contributed by atoms with E-state index in [1.807, 2.05) is 29.6 Å². The minimum Gasteiger partial charge on any atom is -0.497 e. The van der Waals surface area contributed by atoms with Crippen LogP contribution >= 0.6 is 11.3 Å². The van der Waals surface area contributed by atoms with Crippen LogP contribution in [0.2, 0.25) is 0 Å². The Labute approximate surface area is 153 Å². The Morgan fingerprint density at radius 3 is 2.77 bits per heavy atom. The zero-order valence-corrected chi connectivity index (χ0v) is 14.6. The van der Waals surface area contributed by atoms with Crippen LogP contribution < -0.4 is 25.1 Å². The number of carbonyl (C=O) groups is 1. The molecule has 1 aliphatic heterocycles. The van der Waals surface area contributed by atoms with E-state index in [9.17, 15) is 4.79 Å². The fourth-order valence-corrected chi connectivity index (χ4v) is 3.12. The van der Waals surface area contributed by atoms with E-state index in [-0.39, 0.29) is 12.7 Å². The third-order valence-corrected chi connectivity index (χ3v) is 4.57. The summed E-state index contributed by atoms with van der Waals surface area (Å²) in [5.74, 6) is 1.70. The number of nitrogens with one attached hydrogen (secondary N) is 2. The highest BCUT2D eigenvalue weighted by atomic mass is 32.1. The number of rotatable bonds is 5. The second kappa shape index (κ2) is 6.93. The van der Waals surface area contributed by atoms with E-state index < -0.39 is 0 Å². The highest BCUT2D eigenvalue weighted by Crippen LogP contribution is 2.32. The molecule has 7 nitrogen and oxygen atoms in total. The number of aromatic nitrogens is 1. The largest absolute Gasteiger partial charge is 0.497 e. The van der Waals surface area contributed by atoms with Crippen molar-refractivity contribution in [3.8, 4) is 28.5 Å². The Balaban J connectivity index is 1.40. The van der Waals surface area contributed by atoms with Crippen molar-refractivity contribution < 1.29 is 19.0 Å². The Bertz CT molecular complexity index is 940. The van der Waals surface area contributed by atoms with E-state index in [0.717, 1.165) is 17.0 Å². The molecule has 0 unspecified atom stereocenters. The van der Waals surface area contributed by atoms with Crippen LogP contribution in [0.25, 0.3) is 11.3 Å². The van der Waals surface area contributed by atoms with Crippen LogP contribution in [0.5, 0.6) is 17.2 Å².